The predicted octanol–water partition coefficient (Wildman–Crippen LogP) is 4.14. The summed E-state index contributed by atoms with van der Waals surface area (Å²) in [6.45, 7) is 4.61. The van der Waals surface area contributed by atoms with Crippen LogP contribution in [0.3, 0.4) is 0 Å². The van der Waals surface area contributed by atoms with Crippen LogP contribution in [0.2, 0.25) is 0 Å². The quantitative estimate of drug-likeness (QED) is 0.614. The molecule has 2 nitrogen and oxygen atoms in total. The standard InChI is InChI=1S/C17H20ClFO2/c1-17(2)9-8-15(21-17)12-20-16-7-6-14(19)11-13(16)5-3-4-10-18/h6-7,11,15H,4,8-10,12H2,1-2H3. The first-order chi connectivity index (χ1) is 10.00. The predicted molar refractivity (Wildman–Crippen MR) is 82.3 cm³/mol. The summed E-state index contributed by atoms with van der Waals surface area (Å²) < 4.78 is 25.0. The van der Waals surface area contributed by atoms with Crippen molar-refractivity contribution in [3.05, 3.63) is 29.6 Å². The Hall–Kier alpha value is -1.24. The molecule has 1 aliphatic rings. The molecule has 0 spiro atoms. The fourth-order valence-electron chi connectivity index (χ4n) is 2.31. The van der Waals surface area contributed by atoms with Crippen LogP contribution < -0.4 is 4.74 Å². The highest BCUT2D eigenvalue weighted by atomic mass is 35.5. The van der Waals surface area contributed by atoms with Gasteiger partial charge >= 0.3 is 0 Å². The Morgan fingerprint density at radius 3 is 2.95 bits per heavy atom. The molecule has 0 amide bonds. The van der Waals surface area contributed by atoms with Crippen LogP contribution in [0.4, 0.5) is 4.39 Å². The van der Waals surface area contributed by atoms with Crippen molar-refractivity contribution in [2.75, 3.05) is 12.5 Å². The summed E-state index contributed by atoms with van der Waals surface area (Å²) in [6.07, 6.45) is 2.64. The number of rotatable bonds is 4. The molecule has 0 aliphatic carbocycles. The lowest BCUT2D eigenvalue weighted by Gasteiger charge is -2.19. The van der Waals surface area contributed by atoms with Crippen molar-refractivity contribution in [2.24, 2.45) is 0 Å². The second kappa shape index (κ2) is 7.15. The highest BCUT2D eigenvalue weighted by Gasteiger charge is 2.31. The molecule has 1 aliphatic heterocycles. The molecular weight excluding hydrogens is 291 g/mol. The maximum absolute atomic E-state index is 13.3. The Balaban J connectivity index is 2.01. The molecule has 1 unspecified atom stereocenters. The van der Waals surface area contributed by atoms with Gasteiger partial charge in [0.15, 0.2) is 0 Å². The molecule has 4 heteroatoms. The van der Waals surface area contributed by atoms with Gasteiger partial charge in [-0.25, -0.2) is 4.39 Å². The zero-order valence-electron chi connectivity index (χ0n) is 12.4. The number of alkyl halides is 1. The molecule has 1 aromatic rings. The van der Waals surface area contributed by atoms with Gasteiger partial charge in [-0.15, -0.1) is 11.6 Å². The molecule has 2 rings (SSSR count). The van der Waals surface area contributed by atoms with Gasteiger partial charge in [-0.05, 0) is 44.9 Å². The van der Waals surface area contributed by atoms with Crippen molar-refractivity contribution < 1.29 is 13.9 Å². The van der Waals surface area contributed by atoms with Crippen molar-refractivity contribution in [1.29, 1.82) is 0 Å². The van der Waals surface area contributed by atoms with Crippen molar-refractivity contribution in [3.8, 4) is 17.6 Å². The van der Waals surface area contributed by atoms with E-state index in [4.69, 9.17) is 21.1 Å². The van der Waals surface area contributed by atoms with E-state index in [1.807, 2.05) is 0 Å². The van der Waals surface area contributed by atoms with Gasteiger partial charge in [0.25, 0.3) is 0 Å². The van der Waals surface area contributed by atoms with Crippen molar-refractivity contribution in [2.45, 2.75) is 44.8 Å². The molecule has 1 atom stereocenters. The number of hydrogen-bond acceptors (Lipinski definition) is 2. The highest BCUT2D eigenvalue weighted by molar-refractivity contribution is 6.18. The third kappa shape index (κ3) is 4.91. The maximum Gasteiger partial charge on any atom is 0.135 e. The molecule has 1 heterocycles. The van der Waals surface area contributed by atoms with Crippen LogP contribution in [0.1, 0.15) is 38.7 Å². The normalized spacial score (nSPS) is 19.9. The molecule has 0 saturated carbocycles. The third-order valence-electron chi connectivity index (χ3n) is 3.36. The minimum Gasteiger partial charge on any atom is -0.490 e. The Bertz CT molecular complexity index is 545. The average Bonchev–Trinajstić information content (AvgIpc) is 2.78. The smallest absolute Gasteiger partial charge is 0.135 e. The fourth-order valence-corrected chi connectivity index (χ4v) is 2.40. The third-order valence-corrected chi connectivity index (χ3v) is 3.55. The Morgan fingerprint density at radius 2 is 2.29 bits per heavy atom. The van der Waals surface area contributed by atoms with E-state index >= 15 is 0 Å². The van der Waals surface area contributed by atoms with Crippen LogP contribution in [0.25, 0.3) is 0 Å². The molecule has 0 radical (unpaired) electrons. The number of benzene rings is 1. The summed E-state index contributed by atoms with van der Waals surface area (Å²) in [5, 5.41) is 0. The van der Waals surface area contributed by atoms with Gasteiger partial charge in [-0.3, -0.25) is 0 Å². The summed E-state index contributed by atoms with van der Waals surface area (Å²) >= 11 is 5.59. The van der Waals surface area contributed by atoms with Crippen molar-refractivity contribution in [1.82, 2.24) is 0 Å². The van der Waals surface area contributed by atoms with E-state index < -0.39 is 0 Å². The topological polar surface area (TPSA) is 18.5 Å². The van der Waals surface area contributed by atoms with E-state index in [1.54, 1.807) is 6.07 Å². The summed E-state index contributed by atoms with van der Waals surface area (Å²) in [5.41, 5.74) is 0.470. The molecule has 1 aromatic carbocycles. The zero-order valence-corrected chi connectivity index (χ0v) is 13.2. The van der Waals surface area contributed by atoms with E-state index in [-0.39, 0.29) is 17.5 Å². The first kappa shape index (κ1) is 16.1. The Kier molecular flexibility index (Phi) is 5.50. The summed E-state index contributed by atoms with van der Waals surface area (Å²) in [4.78, 5) is 0. The maximum atomic E-state index is 13.3. The monoisotopic (exact) mass is 310 g/mol. The first-order valence-corrected chi connectivity index (χ1v) is 7.69. The van der Waals surface area contributed by atoms with E-state index in [9.17, 15) is 4.39 Å². The van der Waals surface area contributed by atoms with Crippen LogP contribution in [0, 0.1) is 17.7 Å². The van der Waals surface area contributed by atoms with Gasteiger partial charge in [0.2, 0.25) is 0 Å². The second-order valence-electron chi connectivity index (χ2n) is 5.73. The van der Waals surface area contributed by atoms with Gasteiger partial charge in [-0.2, -0.15) is 0 Å². The van der Waals surface area contributed by atoms with Crippen LogP contribution >= 0.6 is 11.6 Å². The van der Waals surface area contributed by atoms with Crippen molar-refractivity contribution in [3.63, 3.8) is 0 Å². The van der Waals surface area contributed by atoms with Gasteiger partial charge in [-0.1, -0.05) is 11.8 Å². The number of ether oxygens (including phenoxy) is 2. The molecule has 0 N–H and O–H groups in total. The summed E-state index contributed by atoms with van der Waals surface area (Å²) in [7, 11) is 0. The second-order valence-corrected chi connectivity index (χ2v) is 6.11. The van der Waals surface area contributed by atoms with Crippen LogP contribution in [0.5, 0.6) is 5.75 Å². The van der Waals surface area contributed by atoms with Crippen LogP contribution in [-0.2, 0) is 4.74 Å². The minimum atomic E-state index is -0.323. The number of halogens is 2. The Labute approximate surface area is 130 Å². The lowest BCUT2D eigenvalue weighted by molar-refractivity contribution is -0.0326. The largest absolute Gasteiger partial charge is 0.490 e. The van der Waals surface area contributed by atoms with E-state index in [1.165, 1.54) is 12.1 Å². The Morgan fingerprint density at radius 1 is 1.48 bits per heavy atom. The van der Waals surface area contributed by atoms with E-state index in [0.29, 0.717) is 30.2 Å². The molecule has 1 saturated heterocycles. The van der Waals surface area contributed by atoms with Crippen LogP contribution in [0.15, 0.2) is 18.2 Å². The molecule has 0 bridgehead atoms. The van der Waals surface area contributed by atoms with Gasteiger partial charge in [0.05, 0.1) is 17.3 Å². The summed E-state index contributed by atoms with van der Waals surface area (Å²) in [5.74, 6) is 6.53. The first-order valence-electron chi connectivity index (χ1n) is 7.15. The lowest BCUT2D eigenvalue weighted by atomic mass is 10.1. The highest BCUT2D eigenvalue weighted by Crippen LogP contribution is 2.30. The number of hydrogen-bond donors (Lipinski definition) is 0. The average molecular weight is 311 g/mol. The molecule has 0 aromatic heterocycles. The van der Waals surface area contributed by atoms with Gasteiger partial charge in [0, 0.05) is 12.3 Å². The molecule has 114 valence electrons. The zero-order chi connectivity index (χ0) is 15.3. The van der Waals surface area contributed by atoms with E-state index in [2.05, 4.69) is 25.7 Å². The summed E-state index contributed by atoms with van der Waals surface area (Å²) in [6, 6.07) is 4.37. The van der Waals surface area contributed by atoms with E-state index in [0.717, 1.165) is 12.8 Å². The van der Waals surface area contributed by atoms with Crippen molar-refractivity contribution >= 4 is 11.6 Å². The molecular formula is C17H20ClFO2. The molecule has 21 heavy (non-hydrogen) atoms. The van der Waals surface area contributed by atoms with Gasteiger partial charge in [0.1, 0.15) is 18.2 Å². The SMILES string of the molecule is CC1(C)CCC(COc2ccc(F)cc2C#CCCCl)O1. The molecule has 1 fully saturated rings. The van der Waals surface area contributed by atoms with Crippen LogP contribution in [-0.4, -0.2) is 24.2 Å². The van der Waals surface area contributed by atoms with Gasteiger partial charge < -0.3 is 9.47 Å². The fraction of sp³-hybridized carbons (Fsp3) is 0.529. The minimum absolute atomic E-state index is 0.0775. The lowest BCUT2D eigenvalue weighted by Crippen LogP contribution is -2.24.